The maximum atomic E-state index is 12.8. The first-order chi connectivity index (χ1) is 12.2. The monoisotopic (exact) mass is 382 g/mol. The van der Waals surface area contributed by atoms with Crippen LogP contribution in [0.2, 0.25) is 0 Å². The molecule has 1 aromatic rings. The van der Waals surface area contributed by atoms with E-state index in [0.717, 1.165) is 36.4 Å². The third-order valence-electron chi connectivity index (χ3n) is 5.05. The molecule has 2 atom stereocenters. The molecule has 0 aliphatic carbocycles. The van der Waals surface area contributed by atoms with Crippen LogP contribution in [0.1, 0.15) is 6.42 Å². The van der Waals surface area contributed by atoms with Crippen molar-refractivity contribution >= 4 is 40.2 Å². The standard InChI is InChI=1S/C15H22N6O2S2/c22-13(19-1-3-20(4-2-19)15-17-9-18-25-15)11-7-12(16-8-11)14(23)21-5-6-24-10-21/h9,11-12,16H,1-8,10H2/t11-,12-/m0/s1. The maximum absolute atomic E-state index is 12.8. The molecule has 10 heteroatoms. The average molecular weight is 383 g/mol. The molecule has 1 N–H and O–H groups in total. The lowest BCUT2D eigenvalue weighted by Gasteiger charge is -2.35. The lowest BCUT2D eigenvalue weighted by molar-refractivity contribution is -0.135. The van der Waals surface area contributed by atoms with Gasteiger partial charge in [0.1, 0.15) is 6.33 Å². The summed E-state index contributed by atoms with van der Waals surface area (Å²) in [6.45, 7) is 4.41. The lowest BCUT2D eigenvalue weighted by atomic mass is 10.0. The molecule has 0 spiro atoms. The van der Waals surface area contributed by atoms with Crippen molar-refractivity contribution in [1.82, 2.24) is 24.5 Å². The van der Waals surface area contributed by atoms with Crippen molar-refractivity contribution in [3.63, 3.8) is 0 Å². The van der Waals surface area contributed by atoms with Crippen LogP contribution in [0.15, 0.2) is 6.33 Å². The second kappa shape index (κ2) is 7.46. The zero-order valence-corrected chi connectivity index (χ0v) is 15.6. The largest absolute Gasteiger partial charge is 0.343 e. The van der Waals surface area contributed by atoms with Gasteiger partial charge in [0.2, 0.25) is 16.9 Å². The number of nitrogens with one attached hydrogen (secondary N) is 1. The van der Waals surface area contributed by atoms with E-state index in [1.165, 1.54) is 11.5 Å². The lowest BCUT2D eigenvalue weighted by Crippen LogP contribution is -2.50. The fourth-order valence-electron chi connectivity index (χ4n) is 3.60. The van der Waals surface area contributed by atoms with Crippen LogP contribution in [-0.2, 0) is 9.59 Å². The van der Waals surface area contributed by atoms with Gasteiger partial charge >= 0.3 is 0 Å². The summed E-state index contributed by atoms with van der Waals surface area (Å²) in [5, 5.41) is 4.18. The number of piperazine rings is 1. The zero-order valence-electron chi connectivity index (χ0n) is 14.0. The molecular formula is C15H22N6O2S2. The van der Waals surface area contributed by atoms with Crippen LogP contribution in [0.4, 0.5) is 5.13 Å². The summed E-state index contributed by atoms with van der Waals surface area (Å²) in [5.74, 6) is 2.04. The first-order valence-electron chi connectivity index (χ1n) is 8.62. The molecule has 0 bridgehead atoms. The van der Waals surface area contributed by atoms with Crippen molar-refractivity contribution in [2.45, 2.75) is 12.5 Å². The SMILES string of the molecule is O=C([C@@H]1CN[C@H](C(=O)N2CCSC2)C1)N1CCN(c2ncns2)CC1. The predicted octanol–water partition coefficient (Wildman–Crippen LogP) is -0.302. The Kier molecular flexibility index (Phi) is 5.09. The van der Waals surface area contributed by atoms with Crippen LogP contribution in [0.25, 0.3) is 0 Å². The summed E-state index contributed by atoms with van der Waals surface area (Å²) in [7, 11) is 0. The van der Waals surface area contributed by atoms with E-state index in [1.54, 1.807) is 18.1 Å². The Morgan fingerprint density at radius 3 is 2.64 bits per heavy atom. The van der Waals surface area contributed by atoms with Gasteiger partial charge in [-0.25, -0.2) is 4.98 Å². The molecule has 3 aliphatic heterocycles. The molecule has 0 radical (unpaired) electrons. The summed E-state index contributed by atoms with van der Waals surface area (Å²) in [6, 6.07) is -0.199. The number of hydrogen-bond acceptors (Lipinski definition) is 8. The highest BCUT2D eigenvalue weighted by atomic mass is 32.2. The van der Waals surface area contributed by atoms with Gasteiger partial charge in [-0.15, -0.1) is 11.8 Å². The molecule has 0 unspecified atom stereocenters. The van der Waals surface area contributed by atoms with E-state index in [9.17, 15) is 9.59 Å². The Hall–Kier alpha value is -1.39. The number of amides is 2. The Morgan fingerprint density at radius 2 is 1.96 bits per heavy atom. The molecule has 8 nitrogen and oxygen atoms in total. The van der Waals surface area contributed by atoms with E-state index in [2.05, 4.69) is 19.6 Å². The summed E-state index contributed by atoms with van der Waals surface area (Å²) < 4.78 is 4.03. The van der Waals surface area contributed by atoms with E-state index in [0.29, 0.717) is 26.1 Å². The molecule has 1 aromatic heterocycles. The van der Waals surface area contributed by atoms with E-state index >= 15 is 0 Å². The Bertz CT molecular complexity index is 614. The van der Waals surface area contributed by atoms with E-state index in [1.807, 2.05) is 9.80 Å². The van der Waals surface area contributed by atoms with Crippen molar-refractivity contribution in [3.05, 3.63) is 6.33 Å². The Morgan fingerprint density at radius 1 is 1.12 bits per heavy atom. The van der Waals surface area contributed by atoms with Crippen molar-refractivity contribution in [2.24, 2.45) is 5.92 Å². The minimum Gasteiger partial charge on any atom is -0.343 e. The van der Waals surface area contributed by atoms with Gasteiger partial charge in [-0.2, -0.15) is 4.37 Å². The fraction of sp³-hybridized carbons (Fsp3) is 0.733. The van der Waals surface area contributed by atoms with Crippen LogP contribution < -0.4 is 10.2 Å². The van der Waals surface area contributed by atoms with Crippen LogP contribution in [0.3, 0.4) is 0 Å². The Labute approximate surface area is 155 Å². The molecule has 4 heterocycles. The minimum absolute atomic E-state index is 0.0858. The van der Waals surface area contributed by atoms with Gasteiger partial charge in [-0.3, -0.25) is 9.59 Å². The smallest absolute Gasteiger partial charge is 0.240 e. The van der Waals surface area contributed by atoms with Gasteiger partial charge in [0, 0.05) is 56.6 Å². The number of nitrogens with zero attached hydrogens (tertiary/aromatic N) is 5. The van der Waals surface area contributed by atoms with Crippen LogP contribution in [0, 0.1) is 5.92 Å². The van der Waals surface area contributed by atoms with E-state index < -0.39 is 0 Å². The van der Waals surface area contributed by atoms with Crippen LogP contribution in [-0.4, -0.2) is 87.9 Å². The first kappa shape index (κ1) is 17.0. The third-order valence-corrected chi connectivity index (χ3v) is 6.75. The number of carbonyl (C=O) groups excluding carboxylic acids is 2. The van der Waals surface area contributed by atoms with E-state index in [4.69, 9.17) is 0 Å². The summed E-state index contributed by atoms with van der Waals surface area (Å²) in [4.78, 5) is 35.5. The van der Waals surface area contributed by atoms with Gasteiger partial charge in [-0.05, 0) is 6.42 Å². The van der Waals surface area contributed by atoms with Gasteiger partial charge in [-0.1, -0.05) is 0 Å². The quantitative estimate of drug-likeness (QED) is 0.768. The number of carbonyl (C=O) groups is 2. The molecule has 3 fully saturated rings. The summed E-state index contributed by atoms with van der Waals surface area (Å²) in [6.07, 6.45) is 2.19. The third kappa shape index (κ3) is 3.61. The number of rotatable bonds is 3. The van der Waals surface area contributed by atoms with Crippen LogP contribution in [0.5, 0.6) is 0 Å². The van der Waals surface area contributed by atoms with Crippen LogP contribution >= 0.6 is 23.3 Å². The highest BCUT2D eigenvalue weighted by molar-refractivity contribution is 7.99. The second-order valence-electron chi connectivity index (χ2n) is 6.57. The average Bonchev–Trinajstić information content (AvgIpc) is 3.43. The zero-order chi connectivity index (χ0) is 17.2. The molecular weight excluding hydrogens is 360 g/mol. The van der Waals surface area contributed by atoms with Gasteiger partial charge in [0.05, 0.1) is 17.8 Å². The molecule has 4 rings (SSSR count). The number of hydrogen-bond donors (Lipinski definition) is 1. The topological polar surface area (TPSA) is 81.7 Å². The molecule has 3 aliphatic rings. The van der Waals surface area contributed by atoms with Crippen molar-refractivity contribution in [3.8, 4) is 0 Å². The van der Waals surface area contributed by atoms with Crippen molar-refractivity contribution in [2.75, 3.05) is 55.8 Å². The number of aromatic nitrogens is 2. The minimum atomic E-state index is -0.199. The van der Waals surface area contributed by atoms with Crippen molar-refractivity contribution < 1.29 is 9.59 Å². The summed E-state index contributed by atoms with van der Waals surface area (Å²) >= 11 is 3.17. The molecule has 0 aromatic carbocycles. The molecule has 0 saturated carbocycles. The maximum Gasteiger partial charge on any atom is 0.240 e. The molecule has 2 amide bonds. The predicted molar refractivity (Wildman–Crippen MR) is 97.6 cm³/mol. The number of anilines is 1. The van der Waals surface area contributed by atoms with Crippen molar-refractivity contribution in [1.29, 1.82) is 0 Å². The van der Waals surface area contributed by atoms with Gasteiger partial charge in [0.15, 0.2) is 0 Å². The Balaban J connectivity index is 1.28. The van der Waals surface area contributed by atoms with Gasteiger partial charge < -0.3 is 20.0 Å². The summed E-state index contributed by atoms with van der Waals surface area (Å²) in [5.41, 5.74) is 0. The molecule has 136 valence electrons. The fourth-order valence-corrected chi connectivity index (χ4v) is 5.14. The molecule has 25 heavy (non-hydrogen) atoms. The first-order valence-corrected chi connectivity index (χ1v) is 10.6. The highest BCUT2D eigenvalue weighted by Gasteiger charge is 2.38. The number of thioether (sulfide) groups is 1. The van der Waals surface area contributed by atoms with Gasteiger partial charge in [0.25, 0.3) is 0 Å². The van der Waals surface area contributed by atoms with E-state index in [-0.39, 0.29) is 23.8 Å². The second-order valence-corrected chi connectivity index (χ2v) is 8.40. The normalized spacial score (nSPS) is 27.1. The highest BCUT2D eigenvalue weighted by Crippen LogP contribution is 2.23. The molecule has 3 saturated heterocycles.